The van der Waals surface area contributed by atoms with Crippen LogP contribution in [0.4, 0.5) is 0 Å². The van der Waals surface area contributed by atoms with Crippen molar-refractivity contribution >= 4 is 17.6 Å². The molecule has 0 heterocycles. The van der Waals surface area contributed by atoms with Crippen molar-refractivity contribution in [1.29, 1.82) is 0 Å². The average Bonchev–Trinajstić information content (AvgIpc) is 2.24. The van der Waals surface area contributed by atoms with Gasteiger partial charge in [0, 0.05) is 10.4 Å². The lowest BCUT2D eigenvalue weighted by molar-refractivity contribution is -0.147. The van der Waals surface area contributed by atoms with Crippen LogP contribution in [0.15, 0.2) is 18.2 Å². The van der Waals surface area contributed by atoms with E-state index in [1.807, 2.05) is 12.1 Å². The van der Waals surface area contributed by atoms with E-state index in [-0.39, 0.29) is 11.3 Å². The summed E-state index contributed by atoms with van der Waals surface area (Å²) in [6.07, 6.45) is 4.76. The van der Waals surface area contributed by atoms with Crippen molar-refractivity contribution in [1.82, 2.24) is 0 Å². The number of hydrogen-bond acceptors (Lipinski definition) is 1. The minimum absolute atomic E-state index is 0.121. The van der Waals surface area contributed by atoms with E-state index in [0.717, 1.165) is 37.1 Å². The average molecular weight is 251 g/mol. The Morgan fingerprint density at radius 2 is 2.18 bits per heavy atom. The van der Waals surface area contributed by atoms with Crippen molar-refractivity contribution < 1.29 is 9.90 Å². The molecule has 2 aliphatic rings. The first-order valence-electron chi connectivity index (χ1n) is 6.15. The molecule has 1 saturated carbocycles. The maximum absolute atomic E-state index is 11.4. The van der Waals surface area contributed by atoms with Crippen molar-refractivity contribution in [2.45, 2.75) is 37.5 Å². The van der Waals surface area contributed by atoms with Gasteiger partial charge in [0.25, 0.3) is 0 Å². The number of benzene rings is 1. The van der Waals surface area contributed by atoms with Crippen molar-refractivity contribution in [3.8, 4) is 0 Å². The topological polar surface area (TPSA) is 37.3 Å². The van der Waals surface area contributed by atoms with Gasteiger partial charge in [0.15, 0.2) is 0 Å². The van der Waals surface area contributed by atoms with Crippen LogP contribution in [0.1, 0.15) is 36.8 Å². The lowest BCUT2D eigenvalue weighted by Crippen LogP contribution is -2.48. The lowest BCUT2D eigenvalue weighted by Gasteiger charge is -2.50. The second-order valence-corrected chi connectivity index (χ2v) is 5.68. The number of halogens is 1. The zero-order valence-corrected chi connectivity index (χ0v) is 10.3. The van der Waals surface area contributed by atoms with E-state index in [9.17, 15) is 9.90 Å². The summed E-state index contributed by atoms with van der Waals surface area (Å²) in [7, 11) is 0. The van der Waals surface area contributed by atoms with Crippen molar-refractivity contribution in [3.05, 3.63) is 34.3 Å². The Hall–Kier alpha value is -1.02. The zero-order valence-electron chi connectivity index (χ0n) is 9.58. The molecule has 1 atom stereocenters. The third kappa shape index (κ3) is 1.50. The zero-order chi connectivity index (χ0) is 12.0. The van der Waals surface area contributed by atoms with E-state index in [1.54, 1.807) is 0 Å². The highest BCUT2D eigenvalue weighted by Gasteiger charge is 2.51. The molecule has 3 rings (SSSR count). The van der Waals surface area contributed by atoms with E-state index in [4.69, 9.17) is 11.6 Å². The van der Waals surface area contributed by atoms with Gasteiger partial charge in [-0.15, -0.1) is 0 Å². The van der Waals surface area contributed by atoms with Crippen LogP contribution in [0, 0.1) is 5.92 Å². The molecule has 1 aromatic rings. The number of aryl methyl sites for hydroxylation is 1. The van der Waals surface area contributed by atoms with Gasteiger partial charge in [0.05, 0.1) is 5.92 Å². The highest BCUT2D eigenvalue weighted by molar-refractivity contribution is 6.30. The SMILES string of the molecule is O=C(O)C1CCc2ccc(Cl)cc2C12CCC2. The smallest absolute Gasteiger partial charge is 0.307 e. The van der Waals surface area contributed by atoms with Crippen LogP contribution in [0.5, 0.6) is 0 Å². The summed E-state index contributed by atoms with van der Waals surface area (Å²) in [4.78, 5) is 11.4. The molecule has 0 radical (unpaired) electrons. The first-order valence-corrected chi connectivity index (χ1v) is 6.53. The van der Waals surface area contributed by atoms with Crippen LogP contribution in [0.3, 0.4) is 0 Å². The van der Waals surface area contributed by atoms with Gasteiger partial charge in [-0.3, -0.25) is 4.79 Å². The summed E-state index contributed by atoms with van der Waals surface area (Å²) < 4.78 is 0. The molecule has 3 heteroatoms. The van der Waals surface area contributed by atoms with Crippen molar-refractivity contribution in [2.24, 2.45) is 5.92 Å². The maximum Gasteiger partial charge on any atom is 0.307 e. The van der Waals surface area contributed by atoms with E-state index in [0.29, 0.717) is 0 Å². The maximum atomic E-state index is 11.4. The Balaban J connectivity index is 2.12. The molecule has 0 saturated heterocycles. The first-order chi connectivity index (χ1) is 8.13. The molecule has 0 amide bonds. The Labute approximate surface area is 106 Å². The minimum atomic E-state index is -0.643. The molecule has 1 aromatic carbocycles. The van der Waals surface area contributed by atoms with Crippen LogP contribution in [0.2, 0.25) is 5.02 Å². The van der Waals surface area contributed by atoms with E-state index < -0.39 is 5.97 Å². The summed E-state index contributed by atoms with van der Waals surface area (Å²) in [6, 6.07) is 5.97. The Kier molecular flexibility index (Phi) is 2.44. The van der Waals surface area contributed by atoms with E-state index >= 15 is 0 Å². The first kappa shape index (κ1) is 11.1. The van der Waals surface area contributed by atoms with Crippen LogP contribution in [-0.2, 0) is 16.6 Å². The summed E-state index contributed by atoms with van der Waals surface area (Å²) >= 11 is 6.06. The predicted octanol–water partition coefficient (Wildman–Crippen LogP) is 3.41. The molecule has 0 bridgehead atoms. The summed E-state index contributed by atoms with van der Waals surface area (Å²) in [5.74, 6) is -0.863. The standard InChI is InChI=1S/C14H15ClO2/c15-10-4-2-9-3-5-11(13(16)17)14(6-1-7-14)12(9)8-10/h2,4,8,11H,1,3,5-7H2,(H,16,17). The summed E-state index contributed by atoms with van der Waals surface area (Å²) in [6.45, 7) is 0. The molecular formula is C14H15ClO2. The second-order valence-electron chi connectivity index (χ2n) is 5.24. The summed E-state index contributed by atoms with van der Waals surface area (Å²) in [5.41, 5.74) is 2.38. The fourth-order valence-electron chi connectivity index (χ4n) is 3.53. The number of hydrogen-bond donors (Lipinski definition) is 1. The van der Waals surface area contributed by atoms with Gasteiger partial charge < -0.3 is 5.11 Å². The predicted molar refractivity (Wildman–Crippen MR) is 66.4 cm³/mol. The molecule has 2 nitrogen and oxygen atoms in total. The number of aliphatic carboxylic acids is 1. The molecule has 0 aliphatic heterocycles. The minimum Gasteiger partial charge on any atom is -0.481 e. The van der Waals surface area contributed by atoms with Gasteiger partial charge in [-0.2, -0.15) is 0 Å². The Bertz CT molecular complexity index is 477. The molecular weight excluding hydrogens is 236 g/mol. The van der Waals surface area contributed by atoms with Crippen molar-refractivity contribution in [2.75, 3.05) is 0 Å². The molecule has 90 valence electrons. The Morgan fingerprint density at radius 1 is 1.41 bits per heavy atom. The molecule has 1 N–H and O–H groups in total. The van der Waals surface area contributed by atoms with E-state index in [1.165, 1.54) is 11.1 Å². The normalized spacial score (nSPS) is 25.1. The monoisotopic (exact) mass is 250 g/mol. The van der Waals surface area contributed by atoms with Gasteiger partial charge in [-0.05, 0) is 48.9 Å². The van der Waals surface area contributed by atoms with Crippen LogP contribution in [-0.4, -0.2) is 11.1 Å². The van der Waals surface area contributed by atoms with Crippen LogP contribution < -0.4 is 0 Å². The number of carboxylic acids is 1. The number of carboxylic acid groups (broad SMARTS) is 1. The highest BCUT2D eigenvalue weighted by Crippen LogP contribution is 2.54. The largest absolute Gasteiger partial charge is 0.481 e. The fourth-order valence-corrected chi connectivity index (χ4v) is 3.70. The third-order valence-corrected chi connectivity index (χ3v) is 4.76. The highest BCUT2D eigenvalue weighted by atomic mass is 35.5. The van der Waals surface area contributed by atoms with Crippen LogP contribution >= 0.6 is 11.6 Å². The second kappa shape index (κ2) is 3.74. The molecule has 1 fully saturated rings. The fraction of sp³-hybridized carbons (Fsp3) is 0.500. The third-order valence-electron chi connectivity index (χ3n) is 4.52. The lowest BCUT2D eigenvalue weighted by atomic mass is 9.53. The molecule has 1 unspecified atom stereocenters. The number of fused-ring (bicyclic) bond motifs is 2. The van der Waals surface area contributed by atoms with Gasteiger partial charge in [0.1, 0.15) is 0 Å². The van der Waals surface area contributed by atoms with Gasteiger partial charge in [-0.25, -0.2) is 0 Å². The molecule has 2 aliphatic carbocycles. The van der Waals surface area contributed by atoms with Crippen LogP contribution in [0.25, 0.3) is 0 Å². The number of carbonyl (C=O) groups is 1. The van der Waals surface area contributed by atoms with Gasteiger partial charge in [0.2, 0.25) is 0 Å². The summed E-state index contributed by atoms with van der Waals surface area (Å²) in [5, 5.41) is 10.1. The van der Waals surface area contributed by atoms with Gasteiger partial charge in [-0.1, -0.05) is 24.1 Å². The van der Waals surface area contributed by atoms with E-state index in [2.05, 4.69) is 6.07 Å². The quantitative estimate of drug-likeness (QED) is 0.829. The Morgan fingerprint density at radius 3 is 2.76 bits per heavy atom. The van der Waals surface area contributed by atoms with Gasteiger partial charge >= 0.3 is 5.97 Å². The number of rotatable bonds is 1. The molecule has 0 aromatic heterocycles. The molecule has 1 spiro atoms. The molecule has 17 heavy (non-hydrogen) atoms. The van der Waals surface area contributed by atoms with Crippen molar-refractivity contribution in [3.63, 3.8) is 0 Å².